The second-order valence-electron chi connectivity index (χ2n) is 4.68. The van der Waals surface area contributed by atoms with Crippen molar-refractivity contribution in [3.05, 3.63) is 21.9 Å². The summed E-state index contributed by atoms with van der Waals surface area (Å²) in [5, 5.41) is 0.709. The van der Waals surface area contributed by atoms with E-state index in [-0.39, 0.29) is 0 Å². The van der Waals surface area contributed by atoms with Gasteiger partial charge >= 0.3 is 0 Å². The zero-order chi connectivity index (χ0) is 13.0. The third-order valence-electron chi connectivity index (χ3n) is 3.33. The van der Waals surface area contributed by atoms with Gasteiger partial charge in [0.15, 0.2) is 5.78 Å². The van der Waals surface area contributed by atoms with Gasteiger partial charge in [-0.3, -0.25) is 9.69 Å². The number of carbonyl (C=O) groups excluding carboxylic acids is 1. The van der Waals surface area contributed by atoms with Crippen LogP contribution in [0.3, 0.4) is 0 Å². The summed E-state index contributed by atoms with van der Waals surface area (Å²) in [7, 11) is 0. The van der Waals surface area contributed by atoms with Crippen molar-refractivity contribution < 1.29 is 4.79 Å². The largest absolute Gasteiger partial charge is 0.294 e. The summed E-state index contributed by atoms with van der Waals surface area (Å²) in [5.74, 6) is 1.46. The SMILES string of the molecule is CCc1ccc(C(=O)CN2CCSC(CC)C2)s1. The third kappa shape index (κ3) is 3.59. The van der Waals surface area contributed by atoms with Crippen LogP contribution >= 0.6 is 23.1 Å². The number of hydrogen-bond acceptors (Lipinski definition) is 4. The van der Waals surface area contributed by atoms with Gasteiger partial charge in [-0.2, -0.15) is 11.8 Å². The normalized spacial score (nSPS) is 21.1. The van der Waals surface area contributed by atoms with Crippen molar-refractivity contribution >= 4 is 28.9 Å². The standard InChI is InChI=1S/C14H21NOS2/c1-3-11-5-6-14(18-11)13(16)10-15-7-8-17-12(4-2)9-15/h5-6,12H,3-4,7-10H2,1-2H3. The Morgan fingerprint density at radius 1 is 1.44 bits per heavy atom. The fourth-order valence-electron chi connectivity index (χ4n) is 2.17. The average molecular weight is 283 g/mol. The van der Waals surface area contributed by atoms with Gasteiger partial charge in [-0.25, -0.2) is 0 Å². The van der Waals surface area contributed by atoms with E-state index in [9.17, 15) is 4.79 Å². The Kier molecular flexibility index (Phi) is 5.27. The topological polar surface area (TPSA) is 20.3 Å². The number of aryl methyl sites for hydroxylation is 1. The first-order valence-electron chi connectivity index (χ1n) is 6.68. The molecule has 18 heavy (non-hydrogen) atoms. The van der Waals surface area contributed by atoms with E-state index < -0.39 is 0 Å². The summed E-state index contributed by atoms with van der Waals surface area (Å²) in [6, 6.07) is 4.07. The molecular weight excluding hydrogens is 262 g/mol. The molecule has 0 aromatic carbocycles. The van der Waals surface area contributed by atoms with E-state index in [0.29, 0.717) is 17.6 Å². The van der Waals surface area contributed by atoms with E-state index in [1.807, 2.05) is 17.8 Å². The minimum absolute atomic E-state index is 0.293. The van der Waals surface area contributed by atoms with Gasteiger partial charge in [-0.15, -0.1) is 11.3 Å². The molecule has 2 nitrogen and oxygen atoms in total. The van der Waals surface area contributed by atoms with Crippen LogP contribution in [0.1, 0.15) is 34.8 Å². The molecule has 100 valence electrons. The van der Waals surface area contributed by atoms with Crippen LogP contribution in [0, 0.1) is 0 Å². The first-order valence-corrected chi connectivity index (χ1v) is 8.55. The predicted octanol–water partition coefficient (Wildman–Crippen LogP) is 3.32. The molecular formula is C14H21NOS2. The number of rotatable bonds is 5. The Hall–Kier alpha value is -0.320. The Labute approximate surface area is 118 Å². The molecule has 1 fully saturated rings. The highest BCUT2D eigenvalue weighted by molar-refractivity contribution is 8.00. The molecule has 1 aromatic heterocycles. The van der Waals surface area contributed by atoms with Crippen LogP contribution in [-0.2, 0) is 6.42 Å². The van der Waals surface area contributed by atoms with E-state index >= 15 is 0 Å². The van der Waals surface area contributed by atoms with Gasteiger partial charge in [-0.1, -0.05) is 13.8 Å². The average Bonchev–Trinajstić information content (AvgIpc) is 2.88. The molecule has 1 aromatic rings. The van der Waals surface area contributed by atoms with Crippen LogP contribution in [0.25, 0.3) is 0 Å². The van der Waals surface area contributed by atoms with Crippen molar-refractivity contribution in [2.45, 2.75) is 31.9 Å². The molecule has 2 rings (SSSR count). The number of ketones is 1. The number of carbonyl (C=O) groups is 1. The number of thiophene rings is 1. The van der Waals surface area contributed by atoms with Gasteiger partial charge in [-0.05, 0) is 25.0 Å². The lowest BCUT2D eigenvalue weighted by Crippen LogP contribution is -2.40. The number of Topliss-reactive ketones (excluding diaryl/α,β-unsaturated/α-hetero) is 1. The zero-order valence-electron chi connectivity index (χ0n) is 11.1. The lowest BCUT2D eigenvalue weighted by atomic mass is 10.2. The van der Waals surface area contributed by atoms with Gasteiger partial charge in [0.05, 0.1) is 11.4 Å². The monoisotopic (exact) mass is 283 g/mol. The van der Waals surface area contributed by atoms with E-state index in [1.165, 1.54) is 11.3 Å². The van der Waals surface area contributed by atoms with Gasteiger partial charge in [0.2, 0.25) is 0 Å². The van der Waals surface area contributed by atoms with Crippen LogP contribution in [0.2, 0.25) is 0 Å². The number of hydrogen-bond donors (Lipinski definition) is 0. The van der Waals surface area contributed by atoms with E-state index in [0.717, 1.165) is 30.1 Å². The van der Waals surface area contributed by atoms with Crippen molar-refractivity contribution in [1.82, 2.24) is 4.90 Å². The minimum atomic E-state index is 0.293. The third-order valence-corrected chi connectivity index (χ3v) is 5.97. The number of thioether (sulfide) groups is 1. The lowest BCUT2D eigenvalue weighted by Gasteiger charge is -2.31. The highest BCUT2D eigenvalue weighted by atomic mass is 32.2. The van der Waals surface area contributed by atoms with Gasteiger partial charge in [0, 0.05) is 29.0 Å². The quantitative estimate of drug-likeness (QED) is 0.773. The summed E-state index contributed by atoms with van der Waals surface area (Å²) in [4.78, 5) is 16.8. The summed E-state index contributed by atoms with van der Waals surface area (Å²) in [6.07, 6.45) is 2.23. The molecule has 0 N–H and O–H groups in total. The van der Waals surface area contributed by atoms with Crippen molar-refractivity contribution in [1.29, 1.82) is 0 Å². The highest BCUT2D eigenvalue weighted by Gasteiger charge is 2.21. The van der Waals surface area contributed by atoms with E-state index in [1.54, 1.807) is 11.3 Å². The molecule has 4 heteroatoms. The summed E-state index contributed by atoms with van der Waals surface area (Å²) in [6.45, 7) is 7.09. The lowest BCUT2D eigenvalue weighted by molar-refractivity contribution is 0.0936. The molecule has 0 bridgehead atoms. The highest BCUT2D eigenvalue weighted by Crippen LogP contribution is 2.22. The second-order valence-corrected chi connectivity index (χ2v) is 7.26. The fourth-order valence-corrected chi connectivity index (χ4v) is 4.30. The molecule has 1 saturated heterocycles. The fraction of sp³-hybridized carbons (Fsp3) is 0.643. The summed E-state index contributed by atoms with van der Waals surface area (Å²) in [5.41, 5.74) is 0. The van der Waals surface area contributed by atoms with Crippen LogP contribution in [0.4, 0.5) is 0 Å². The smallest absolute Gasteiger partial charge is 0.186 e. The first-order chi connectivity index (χ1) is 8.72. The molecule has 0 radical (unpaired) electrons. The summed E-state index contributed by atoms with van der Waals surface area (Å²) < 4.78 is 0. The molecule has 0 spiro atoms. The minimum Gasteiger partial charge on any atom is -0.294 e. The zero-order valence-corrected chi connectivity index (χ0v) is 12.8. The van der Waals surface area contributed by atoms with Crippen LogP contribution < -0.4 is 0 Å². The Bertz CT molecular complexity index is 402. The molecule has 0 amide bonds. The van der Waals surface area contributed by atoms with Gasteiger partial charge < -0.3 is 0 Å². The Morgan fingerprint density at radius 2 is 2.28 bits per heavy atom. The second kappa shape index (κ2) is 6.73. The van der Waals surface area contributed by atoms with Crippen molar-refractivity contribution in [3.8, 4) is 0 Å². The van der Waals surface area contributed by atoms with Crippen LogP contribution in [0.5, 0.6) is 0 Å². The van der Waals surface area contributed by atoms with Crippen molar-refractivity contribution in [2.75, 3.05) is 25.4 Å². The maximum atomic E-state index is 12.2. The Morgan fingerprint density at radius 3 is 2.94 bits per heavy atom. The first kappa shape index (κ1) is 14.1. The van der Waals surface area contributed by atoms with Gasteiger partial charge in [0.25, 0.3) is 0 Å². The maximum Gasteiger partial charge on any atom is 0.186 e. The van der Waals surface area contributed by atoms with Gasteiger partial charge in [0.1, 0.15) is 0 Å². The van der Waals surface area contributed by atoms with Crippen molar-refractivity contribution in [3.63, 3.8) is 0 Å². The van der Waals surface area contributed by atoms with Crippen LogP contribution in [0.15, 0.2) is 12.1 Å². The van der Waals surface area contributed by atoms with E-state index in [2.05, 4.69) is 24.8 Å². The number of nitrogens with zero attached hydrogens (tertiary/aromatic N) is 1. The maximum absolute atomic E-state index is 12.2. The van der Waals surface area contributed by atoms with Crippen molar-refractivity contribution in [2.24, 2.45) is 0 Å². The molecule has 1 aliphatic heterocycles. The molecule has 1 unspecified atom stereocenters. The molecule has 1 aliphatic rings. The van der Waals surface area contributed by atoms with E-state index in [4.69, 9.17) is 0 Å². The molecule has 0 saturated carbocycles. The summed E-state index contributed by atoms with van der Waals surface area (Å²) >= 11 is 3.70. The molecule has 2 heterocycles. The van der Waals surface area contributed by atoms with Crippen LogP contribution in [-0.4, -0.2) is 41.3 Å². The predicted molar refractivity (Wildman–Crippen MR) is 81.0 cm³/mol. The Balaban J connectivity index is 1.90. The molecule has 1 atom stereocenters. The molecule has 0 aliphatic carbocycles.